The van der Waals surface area contributed by atoms with E-state index >= 15 is 0 Å². The van der Waals surface area contributed by atoms with Gasteiger partial charge in [-0.2, -0.15) is 0 Å². The largest absolute Gasteiger partial charge is 0.0628 e. The van der Waals surface area contributed by atoms with Crippen LogP contribution in [-0.4, -0.2) is 0 Å². The van der Waals surface area contributed by atoms with Crippen molar-refractivity contribution in [3.63, 3.8) is 0 Å². The summed E-state index contributed by atoms with van der Waals surface area (Å²) in [5.74, 6) is 4.84. The Morgan fingerprint density at radius 1 is 1.17 bits per heavy atom. The summed E-state index contributed by atoms with van der Waals surface area (Å²) in [4.78, 5) is 0. The molecule has 0 aromatic carbocycles. The SMILES string of the molecule is CC(C)CC(C)C1CC(C)C1C. The molecule has 72 valence electrons. The Kier molecular flexibility index (Phi) is 3.20. The van der Waals surface area contributed by atoms with Crippen LogP contribution in [0.4, 0.5) is 0 Å². The molecule has 1 aliphatic carbocycles. The van der Waals surface area contributed by atoms with Gasteiger partial charge in [0.15, 0.2) is 0 Å². The Bertz CT molecular complexity index is 137. The van der Waals surface area contributed by atoms with Gasteiger partial charge in [-0.1, -0.05) is 34.6 Å². The van der Waals surface area contributed by atoms with Crippen molar-refractivity contribution < 1.29 is 0 Å². The molecule has 0 aromatic heterocycles. The Hall–Kier alpha value is 0. The first-order valence-electron chi connectivity index (χ1n) is 5.52. The molecule has 12 heavy (non-hydrogen) atoms. The highest BCUT2D eigenvalue weighted by Crippen LogP contribution is 2.45. The van der Waals surface area contributed by atoms with E-state index in [9.17, 15) is 0 Å². The third-order valence-corrected chi connectivity index (χ3v) is 3.79. The zero-order valence-electron chi connectivity index (χ0n) is 9.30. The summed E-state index contributed by atoms with van der Waals surface area (Å²) in [7, 11) is 0. The van der Waals surface area contributed by atoms with Crippen LogP contribution in [0.2, 0.25) is 0 Å². The van der Waals surface area contributed by atoms with E-state index in [4.69, 9.17) is 0 Å². The zero-order valence-corrected chi connectivity index (χ0v) is 9.30. The molecule has 4 atom stereocenters. The van der Waals surface area contributed by atoms with E-state index in [1.807, 2.05) is 0 Å². The van der Waals surface area contributed by atoms with Crippen LogP contribution in [0.15, 0.2) is 0 Å². The third kappa shape index (κ3) is 2.02. The highest BCUT2D eigenvalue weighted by atomic mass is 14.4. The van der Waals surface area contributed by atoms with E-state index in [1.165, 1.54) is 12.8 Å². The lowest BCUT2D eigenvalue weighted by Crippen LogP contribution is -2.37. The standard InChI is InChI=1S/C12H24/c1-8(2)6-10(4)12-7-9(3)11(12)5/h8-12H,6-7H2,1-5H3. The van der Waals surface area contributed by atoms with Crippen LogP contribution in [0.3, 0.4) is 0 Å². The summed E-state index contributed by atoms with van der Waals surface area (Å²) in [6, 6.07) is 0. The van der Waals surface area contributed by atoms with Gasteiger partial charge in [0, 0.05) is 0 Å². The van der Waals surface area contributed by atoms with E-state index in [2.05, 4.69) is 34.6 Å². The number of hydrogen-bond acceptors (Lipinski definition) is 0. The second-order valence-corrected chi connectivity index (χ2v) is 5.34. The zero-order chi connectivity index (χ0) is 9.30. The fourth-order valence-electron chi connectivity index (χ4n) is 2.75. The topological polar surface area (TPSA) is 0 Å². The average Bonchev–Trinajstić information content (AvgIpc) is 1.97. The Labute approximate surface area is 77.7 Å². The lowest BCUT2D eigenvalue weighted by atomic mass is 9.61. The molecular formula is C12H24. The van der Waals surface area contributed by atoms with Gasteiger partial charge in [-0.15, -0.1) is 0 Å². The monoisotopic (exact) mass is 168 g/mol. The van der Waals surface area contributed by atoms with Gasteiger partial charge in [-0.05, 0) is 42.4 Å². The predicted molar refractivity (Wildman–Crippen MR) is 55.1 cm³/mol. The molecule has 0 aliphatic heterocycles. The number of hydrogen-bond donors (Lipinski definition) is 0. The van der Waals surface area contributed by atoms with Crippen LogP contribution in [0.25, 0.3) is 0 Å². The second-order valence-electron chi connectivity index (χ2n) is 5.34. The highest BCUT2D eigenvalue weighted by molar-refractivity contribution is 4.86. The van der Waals surface area contributed by atoms with Gasteiger partial charge < -0.3 is 0 Å². The highest BCUT2D eigenvalue weighted by Gasteiger charge is 2.37. The fourth-order valence-corrected chi connectivity index (χ4v) is 2.75. The van der Waals surface area contributed by atoms with Crippen LogP contribution in [0.5, 0.6) is 0 Å². The summed E-state index contributed by atoms with van der Waals surface area (Å²) < 4.78 is 0. The van der Waals surface area contributed by atoms with Crippen LogP contribution in [0.1, 0.15) is 47.5 Å². The van der Waals surface area contributed by atoms with E-state index in [1.54, 1.807) is 0 Å². The van der Waals surface area contributed by atoms with Crippen molar-refractivity contribution in [2.24, 2.45) is 29.6 Å². The second kappa shape index (κ2) is 3.81. The summed E-state index contributed by atoms with van der Waals surface area (Å²) in [6.45, 7) is 11.9. The molecule has 0 radical (unpaired) electrons. The van der Waals surface area contributed by atoms with Crippen molar-refractivity contribution in [1.29, 1.82) is 0 Å². The van der Waals surface area contributed by atoms with Crippen LogP contribution in [0, 0.1) is 29.6 Å². The molecular weight excluding hydrogens is 144 g/mol. The molecule has 0 heterocycles. The maximum absolute atomic E-state index is 2.44. The number of rotatable bonds is 3. The van der Waals surface area contributed by atoms with E-state index in [-0.39, 0.29) is 0 Å². The molecule has 0 spiro atoms. The molecule has 1 saturated carbocycles. The van der Waals surface area contributed by atoms with Gasteiger partial charge in [0.1, 0.15) is 0 Å². The van der Waals surface area contributed by atoms with Crippen molar-refractivity contribution in [2.75, 3.05) is 0 Å². The molecule has 0 amide bonds. The van der Waals surface area contributed by atoms with Crippen molar-refractivity contribution in [3.05, 3.63) is 0 Å². The smallest absolute Gasteiger partial charge is 0.0357 e. The van der Waals surface area contributed by atoms with Crippen LogP contribution in [-0.2, 0) is 0 Å². The van der Waals surface area contributed by atoms with Gasteiger partial charge in [-0.3, -0.25) is 0 Å². The fraction of sp³-hybridized carbons (Fsp3) is 1.00. The molecule has 1 rings (SSSR count). The minimum absolute atomic E-state index is 0.878. The van der Waals surface area contributed by atoms with E-state index in [0.29, 0.717) is 0 Å². The summed E-state index contributed by atoms with van der Waals surface area (Å²) in [5.41, 5.74) is 0. The van der Waals surface area contributed by atoms with Gasteiger partial charge in [0.2, 0.25) is 0 Å². The first-order valence-corrected chi connectivity index (χ1v) is 5.52. The maximum Gasteiger partial charge on any atom is -0.0357 e. The minimum Gasteiger partial charge on any atom is -0.0628 e. The van der Waals surface area contributed by atoms with Crippen molar-refractivity contribution in [1.82, 2.24) is 0 Å². The normalized spacial score (nSPS) is 38.0. The van der Waals surface area contributed by atoms with Crippen molar-refractivity contribution in [2.45, 2.75) is 47.5 Å². The predicted octanol–water partition coefficient (Wildman–Crippen LogP) is 3.96. The maximum atomic E-state index is 2.44. The van der Waals surface area contributed by atoms with Gasteiger partial charge in [0.25, 0.3) is 0 Å². The Balaban J connectivity index is 2.29. The molecule has 0 aromatic rings. The molecule has 0 nitrogen and oxygen atoms in total. The molecule has 4 unspecified atom stereocenters. The Morgan fingerprint density at radius 3 is 2.08 bits per heavy atom. The summed E-state index contributed by atoms with van der Waals surface area (Å²) >= 11 is 0. The molecule has 0 bridgehead atoms. The molecule has 0 saturated heterocycles. The molecule has 1 fully saturated rings. The lowest BCUT2D eigenvalue weighted by Gasteiger charge is -2.45. The first kappa shape index (κ1) is 10.1. The van der Waals surface area contributed by atoms with Crippen molar-refractivity contribution in [3.8, 4) is 0 Å². The lowest BCUT2D eigenvalue weighted by molar-refractivity contribution is 0.0467. The van der Waals surface area contributed by atoms with Crippen LogP contribution < -0.4 is 0 Å². The Morgan fingerprint density at radius 2 is 1.75 bits per heavy atom. The molecule has 0 N–H and O–H groups in total. The van der Waals surface area contributed by atoms with E-state index < -0.39 is 0 Å². The first-order chi connectivity index (χ1) is 5.52. The van der Waals surface area contributed by atoms with Gasteiger partial charge >= 0.3 is 0 Å². The average molecular weight is 168 g/mol. The van der Waals surface area contributed by atoms with E-state index in [0.717, 1.165) is 29.6 Å². The van der Waals surface area contributed by atoms with Crippen molar-refractivity contribution >= 4 is 0 Å². The quantitative estimate of drug-likeness (QED) is 0.598. The summed E-state index contributed by atoms with van der Waals surface area (Å²) in [6.07, 6.45) is 2.90. The van der Waals surface area contributed by atoms with Gasteiger partial charge in [0.05, 0.1) is 0 Å². The third-order valence-electron chi connectivity index (χ3n) is 3.79. The van der Waals surface area contributed by atoms with Gasteiger partial charge in [-0.25, -0.2) is 0 Å². The molecule has 1 aliphatic rings. The minimum atomic E-state index is 0.878. The molecule has 0 heteroatoms. The summed E-state index contributed by atoms with van der Waals surface area (Å²) in [5, 5.41) is 0. The van der Waals surface area contributed by atoms with Crippen LogP contribution >= 0.6 is 0 Å².